The number of ether oxygens (including phenoxy) is 1. The van der Waals surface area contributed by atoms with E-state index in [1.165, 1.54) is 28.6 Å². The molecule has 1 fully saturated rings. The van der Waals surface area contributed by atoms with Crippen LogP contribution in [0.4, 0.5) is 14.9 Å². The van der Waals surface area contributed by atoms with Gasteiger partial charge in [-0.1, -0.05) is 5.21 Å². The highest BCUT2D eigenvalue weighted by Gasteiger charge is 2.32. The van der Waals surface area contributed by atoms with E-state index in [0.717, 1.165) is 5.56 Å². The van der Waals surface area contributed by atoms with E-state index in [4.69, 9.17) is 11.3 Å². The highest BCUT2D eigenvalue weighted by atomic mass is 19.1. The number of carbonyl (C=O) groups excluding carboxylic acids is 2. The van der Waals surface area contributed by atoms with Gasteiger partial charge in [0, 0.05) is 24.2 Å². The molecule has 2 amide bonds. The molecule has 0 radical (unpaired) electrons. The van der Waals surface area contributed by atoms with Crippen LogP contribution < -0.4 is 10.2 Å². The Labute approximate surface area is 182 Å². The minimum atomic E-state index is -0.600. The van der Waals surface area contributed by atoms with Crippen LogP contribution in [0.2, 0.25) is 0 Å². The van der Waals surface area contributed by atoms with Crippen molar-refractivity contribution in [1.29, 1.82) is 0 Å². The van der Waals surface area contributed by atoms with Gasteiger partial charge in [-0.25, -0.2) is 25.1 Å². The van der Waals surface area contributed by atoms with E-state index >= 15 is 0 Å². The minimum absolute atomic E-state index is 0.138. The van der Waals surface area contributed by atoms with Crippen LogP contribution in [0.15, 0.2) is 36.8 Å². The van der Waals surface area contributed by atoms with Gasteiger partial charge in [-0.15, -0.1) is 5.10 Å². The number of amides is 2. The molecule has 1 atom stereocenters. The molecule has 2 aromatic heterocycles. The molecule has 0 saturated carbocycles. The third-order valence-corrected chi connectivity index (χ3v) is 4.78. The van der Waals surface area contributed by atoms with Crippen molar-refractivity contribution in [1.82, 2.24) is 30.1 Å². The van der Waals surface area contributed by atoms with Crippen molar-refractivity contribution in [2.75, 3.05) is 18.0 Å². The van der Waals surface area contributed by atoms with Crippen molar-refractivity contribution in [2.24, 2.45) is 0 Å². The Morgan fingerprint density at radius 1 is 1.38 bits per heavy atom. The van der Waals surface area contributed by atoms with Crippen molar-refractivity contribution < 1.29 is 18.7 Å². The average molecular weight is 438 g/mol. The van der Waals surface area contributed by atoms with E-state index in [-0.39, 0.29) is 31.2 Å². The zero-order valence-electron chi connectivity index (χ0n) is 17.1. The molecule has 1 saturated heterocycles. The number of hydrogen-bond acceptors (Lipinski definition) is 6. The van der Waals surface area contributed by atoms with E-state index in [0.29, 0.717) is 17.9 Å². The summed E-state index contributed by atoms with van der Waals surface area (Å²) in [6.45, 7) is 9.16. The number of hydrogen-bond donors (Lipinski definition) is 1. The second kappa shape index (κ2) is 8.84. The van der Waals surface area contributed by atoms with E-state index in [2.05, 4.69) is 25.6 Å². The highest BCUT2D eigenvalue weighted by molar-refractivity contribution is 5.90. The fourth-order valence-electron chi connectivity index (χ4n) is 3.30. The number of rotatable bonds is 7. The monoisotopic (exact) mass is 438 g/mol. The molecule has 0 unspecified atom stereocenters. The lowest BCUT2D eigenvalue weighted by molar-refractivity contribution is -0.119. The number of cyclic esters (lactones) is 1. The van der Waals surface area contributed by atoms with Crippen LogP contribution in [0.5, 0.6) is 0 Å². The Morgan fingerprint density at radius 2 is 2.22 bits per heavy atom. The molecule has 1 aliphatic rings. The number of nitrogens with one attached hydrogen (secondary N) is 1. The predicted molar refractivity (Wildman–Crippen MR) is 110 cm³/mol. The quantitative estimate of drug-likeness (QED) is 0.562. The normalized spacial score (nSPS) is 15.5. The zero-order chi connectivity index (χ0) is 22.7. The lowest BCUT2D eigenvalue weighted by atomic mass is 10.1. The van der Waals surface area contributed by atoms with Gasteiger partial charge in [-0.3, -0.25) is 14.5 Å². The molecule has 1 aromatic carbocycles. The first kappa shape index (κ1) is 21.0. The third kappa shape index (κ3) is 4.56. The van der Waals surface area contributed by atoms with Gasteiger partial charge in [0.1, 0.15) is 17.6 Å². The van der Waals surface area contributed by atoms with Gasteiger partial charge < -0.3 is 10.1 Å². The molecule has 0 spiro atoms. The summed E-state index contributed by atoms with van der Waals surface area (Å²) < 4.78 is 23.1. The Hall–Kier alpha value is -4.27. The summed E-state index contributed by atoms with van der Waals surface area (Å²) in [4.78, 5) is 27.8. The fourth-order valence-corrected chi connectivity index (χ4v) is 3.30. The van der Waals surface area contributed by atoms with Gasteiger partial charge in [-0.05, 0) is 18.2 Å². The topological polar surface area (TPSA) is 112 Å². The minimum Gasteiger partial charge on any atom is -0.442 e. The molecule has 1 N–H and O–H groups in total. The Morgan fingerprint density at radius 3 is 2.97 bits per heavy atom. The standard InChI is InChI=1S/C20H19FN8O3/c1-13(30)23-7-16-10-29(20(31)32-16)15-3-4-17(18(21)5-15)19-11-27(26-25-19)8-14-6-24-28(9-14)12-22-2/h3-6,9,11,16H,7-8,10,12H2,1H3,(H,23,30)/t16-/m0/s1. The lowest BCUT2D eigenvalue weighted by Gasteiger charge is -2.14. The molecular weight excluding hydrogens is 419 g/mol. The molecule has 32 heavy (non-hydrogen) atoms. The molecule has 164 valence electrons. The summed E-state index contributed by atoms with van der Waals surface area (Å²) in [5, 5.41) is 14.7. The van der Waals surface area contributed by atoms with Gasteiger partial charge in [-0.2, -0.15) is 5.10 Å². The Balaban J connectivity index is 1.45. The summed E-state index contributed by atoms with van der Waals surface area (Å²) >= 11 is 0. The zero-order valence-corrected chi connectivity index (χ0v) is 17.1. The van der Waals surface area contributed by atoms with E-state index in [9.17, 15) is 14.0 Å². The highest BCUT2D eigenvalue weighted by Crippen LogP contribution is 2.28. The Bertz CT molecular complexity index is 1200. The maximum atomic E-state index is 14.8. The average Bonchev–Trinajstić information content (AvgIpc) is 3.48. The van der Waals surface area contributed by atoms with Crippen molar-refractivity contribution in [3.05, 3.63) is 59.6 Å². The van der Waals surface area contributed by atoms with Crippen LogP contribution in [0.1, 0.15) is 12.5 Å². The summed E-state index contributed by atoms with van der Waals surface area (Å²) in [5.74, 6) is -0.780. The summed E-state index contributed by atoms with van der Waals surface area (Å²) in [5.41, 5.74) is 1.77. The smallest absolute Gasteiger partial charge is 0.414 e. The molecule has 4 rings (SSSR count). The maximum absolute atomic E-state index is 14.8. The lowest BCUT2D eigenvalue weighted by Crippen LogP contribution is -2.33. The van der Waals surface area contributed by atoms with Gasteiger partial charge in [0.25, 0.3) is 0 Å². The van der Waals surface area contributed by atoms with Crippen molar-refractivity contribution in [2.45, 2.75) is 26.2 Å². The van der Waals surface area contributed by atoms with Crippen LogP contribution in [-0.2, 0) is 22.7 Å². The number of anilines is 1. The predicted octanol–water partition coefficient (Wildman–Crippen LogP) is 1.67. The molecular formula is C20H19FN8O3. The number of carbonyl (C=O) groups is 2. The van der Waals surface area contributed by atoms with Crippen molar-refractivity contribution >= 4 is 17.7 Å². The molecule has 11 nitrogen and oxygen atoms in total. The van der Waals surface area contributed by atoms with E-state index in [1.807, 2.05) is 0 Å². The number of benzene rings is 1. The van der Waals surface area contributed by atoms with Gasteiger partial charge in [0.05, 0.1) is 37.7 Å². The Kier molecular flexibility index (Phi) is 5.80. The van der Waals surface area contributed by atoms with Crippen molar-refractivity contribution in [3.8, 4) is 11.3 Å². The summed E-state index contributed by atoms with van der Waals surface area (Å²) in [6.07, 6.45) is 3.88. The summed E-state index contributed by atoms with van der Waals surface area (Å²) in [7, 11) is 0. The second-order valence-corrected chi connectivity index (χ2v) is 7.21. The molecule has 3 heterocycles. The first-order chi connectivity index (χ1) is 15.4. The second-order valence-electron chi connectivity index (χ2n) is 7.21. The van der Waals surface area contributed by atoms with Crippen LogP contribution in [0.25, 0.3) is 16.1 Å². The molecule has 12 heteroatoms. The first-order valence-electron chi connectivity index (χ1n) is 9.70. The number of aromatic nitrogens is 5. The third-order valence-electron chi connectivity index (χ3n) is 4.78. The number of halogens is 1. The van der Waals surface area contributed by atoms with Crippen molar-refractivity contribution in [3.63, 3.8) is 0 Å². The molecule has 0 aliphatic carbocycles. The number of nitrogens with zero attached hydrogens (tertiary/aromatic N) is 7. The molecule has 1 aliphatic heterocycles. The molecule has 0 bridgehead atoms. The van der Waals surface area contributed by atoms with Gasteiger partial charge >= 0.3 is 12.8 Å². The van der Waals surface area contributed by atoms with Crippen LogP contribution in [-0.4, -0.2) is 56.0 Å². The first-order valence-corrected chi connectivity index (χ1v) is 9.70. The van der Waals surface area contributed by atoms with Crippen LogP contribution in [0, 0.1) is 12.4 Å². The molecule has 3 aromatic rings. The maximum Gasteiger partial charge on any atom is 0.414 e. The van der Waals surface area contributed by atoms with Gasteiger partial charge in [0.2, 0.25) is 5.91 Å². The van der Waals surface area contributed by atoms with E-state index < -0.39 is 18.0 Å². The largest absolute Gasteiger partial charge is 0.442 e. The van der Waals surface area contributed by atoms with Gasteiger partial charge in [0.15, 0.2) is 0 Å². The van der Waals surface area contributed by atoms with E-state index in [1.54, 1.807) is 29.3 Å². The fraction of sp³-hybridized carbons (Fsp3) is 0.300. The SMILES string of the molecule is [C-]#[N+]Cn1cc(Cn2cc(-c3ccc(N4C[C@H](CNC(C)=O)OC4=O)cc3F)nn2)cn1. The van der Waals surface area contributed by atoms with Crippen LogP contribution >= 0.6 is 0 Å². The summed E-state index contributed by atoms with van der Waals surface area (Å²) in [6, 6.07) is 4.37. The van der Waals surface area contributed by atoms with Crippen LogP contribution in [0.3, 0.4) is 0 Å².